The number of hydrogen-bond donors (Lipinski definition) is 2. The first-order valence-electron chi connectivity index (χ1n) is 11.0. The van der Waals surface area contributed by atoms with Gasteiger partial charge in [-0.15, -0.1) is 11.3 Å². The SMILES string of the molecule is COc1ccc(-c2c3c(nc4sc5c(c24)N[C@@H](c2ccccc2)NC5=O)CCCC3)cc1. The molecule has 5 nitrogen and oxygen atoms in total. The van der Waals surface area contributed by atoms with Crippen LogP contribution in [0.3, 0.4) is 0 Å². The predicted octanol–water partition coefficient (Wildman–Crippen LogP) is 5.70. The van der Waals surface area contributed by atoms with E-state index in [4.69, 9.17) is 9.72 Å². The zero-order valence-electron chi connectivity index (χ0n) is 17.8. The van der Waals surface area contributed by atoms with E-state index in [-0.39, 0.29) is 12.1 Å². The van der Waals surface area contributed by atoms with Gasteiger partial charge in [0.05, 0.1) is 12.8 Å². The summed E-state index contributed by atoms with van der Waals surface area (Å²) in [5, 5.41) is 7.79. The van der Waals surface area contributed by atoms with E-state index in [9.17, 15) is 4.79 Å². The summed E-state index contributed by atoms with van der Waals surface area (Å²) in [4.78, 5) is 19.8. The van der Waals surface area contributed by atoms with Gasteiger partial charge in [-0.3, -0.25) is 4.79 Å². The Kier molecular flexibility index (Phi) is 4.61. The Morgan fingerprint density at radius 2 is 1.78 bits per heavy atom. The van der Waals surface area contributed by atoms with E-state index in [1.807, 2.05) is 42.5 Å². The zero-order chi connectivity index (χ0) is 21.7. The van der Waals surface area contributed by atoms with Gasteiger partial charge in [-0.2, -0.15) is 0 Å². The van der Waals surface area contributed by atoms with E-state index in [1.165, 1.54) is 28.2 Å². The van der Waals surface area contributed by atoms with Crippen LogP contribution in [-0.4, -0.2) is 18.0 Å². The third kappa shape index (κ3) is 3.06. The lowest BCUT2D eigenvalue weighted by molar-refractivity contribution is 0.0940. The van der Waals surface area contributed by atoms with Crippen LogP contribution in [0.15, 0.2) is 54.6 Å². The number of aromatic nitrogens is 1. The molecule has 1 aliphatic carbocycles. The second-order valence-corrected chi connectivity index (χ2v) is 9.29. The number of carbonyl (C=O) groups excluding carboxylic acids is 1. The van der Waals surface area contributed by atoms with Crippen molar-refractivity contribution in [1.29, 1.82) is 0 Å². The Morgan fingerprint density at radius 3 is 2.56 bits per heavy atom. The minimum atomic E-state index is -0.270. The highest BCUT2D eigenvalue weighted by Gasteiger charge is 2.32. The van der Waals surface area contributed by atoms with Crippen LogP contribution in [0.4, 0.5) is 5.69 Å². The number of benzene rings is 2. The fourth-order valence-corrected chi connectivity index (χ4v) is 5.92. The number of amides is 1. The highest BCUT2D eigenvalue weighted by Crippen LogP contribution is 2.47. The molecule has 2 aromatic carbocycles. The van der Waals surface area contributed by atoms with Gasteiger partial charge in [-0.1, -0.05) is 42.5 Å². The molecule has 2 N–H and O–H groups in total. The van der Waals surface area contributed by atoms with Crippen LogP contribution in [0.1, 0.15) is 45.5 Å². The first kappa shape index (κ1) is 19.3. The summed E-state index contributed by atoms with van der Waals surface area (Å²) < 4.78 is 5.38. The third-order valence-electron chi connectivity index (χ3n) is 6.40. The summed E-state index contributed by atoms with van der Waals surface area (Å²) in [5.41, 5.74) is 6.77. The summed E-state index contributed by atoms with van der Waals surface area (Å²) in [5.74, 6) is 0.788. The zero-order valence-corrected chi connectivity index (χ0v) is 18.6. The van der Waals surface area contributed by atoms with Gasteiger partial charge < -0.3 is 15.4 Å². The van der Waals surface area contributed by atoms with Crippen LogP contribution in [0.25, 0.3) is 21.3 Å². The summed E-state index contributed by atoms with van der Waals surface area (Å²) in [6.45, 7) is 0. The van der Waals surface area contributed by atoms with Crippen molar-refractivity contribution < 1.29 is 9.53 Å². The minimum Gasteiger partial charge on any atom is -0.497 e. The fourth-order valence-electron chi connectivity index (χ4n) is 4.85. The molecule has 2 aromatic heterocycles. The van der Waals surface area contributed by atoms with Gasteiger partial charge in [0.1, 0.15) is 21.6 Å². The number of methoxy groups -OCH3 is 1. The van der Waals surface area contributed by atoms with Crippen molar-refractivity contribution in [2.45, 2.75) is 31.8 Å². The number of fused-ring (bicyclic) bond motifs is 4. The van der Waals surface area contributed by atoms with Gasteiger partial charge in [0.15, 0.2) is 0 Å². The van der Waals surface area contributed by atoms with Crippen molar-refractivity contribution in [2.24, 2.45) is 0 Å². The number of nitrogens with zero attached hydrogens (tertiary/aromatic N) is 1. The van der Waals surface area contributed by atoms with Gasteiger partial charge >= 0.3 is 0 Å². The number of ether oxygens (including phenoxy) is 1. The molecule has 0 saturated carbocycles. The first-order chi connectivity index (χ1) is 15.7. The molecule has 160 valence electrons. The van der Waals surface area contributed by atoms with Crippen molar-refractivity contribution in [3.05, 3.63) is 76.3 Å². The number of aryl methyl sites for hydroxylation is 1. The number of nitrogens with one attached hydrogen (secondary N) is 2. The van der Waals surface area contributed by atoms with Crippen LogP contribution >= 0.6 is 11.3 Å². The maximum absolute atomic E-state index is 13.1. The van der Waals surface area contributed by atoms with Crippen LogP contribution in [0.2, 0.25) is 0 Å². The van der Waals surface area contributed by atoms with Crippen LogP contribution < -0.4 is 15.4 Å². The Labute approximate surface area is 190 Å². The largest absolute Gasteiger partial charge is 0.497 e. The maximum atomic E-state index is 13.1. The molecule has 0 unspecified atom stereocenters. The van der Waals surface area contributed by atoms with E-state index in [0.717, 1.165) is 58.5 Å². The molecular weight excluding hydrogens is 418 g/mol. The van der Waals surface area contributed by atoms with Crippen LogP contribution in [0.5, 0.6) is 5.75 Å². The van der Waals surface area contributed by atoms with E-state index in [0.29, 0.717) is 4.88 Å². The summed E-state index contributed by atoms with van der Waals surface area (Å²) >= 11 is 1.48. The number of anilines is 1. The monoisotopic (exact) mass is 441 g/mol. The molecule has 32 heavy (non-hydrogen) atoms. The van der Waals surface area contributed by atoms with Gasteiger partial charge in [-0.05, 0) is 60.1 Å². The minimum absolute atomic E-state index is 0.0470. The summed E-state index contributed by atoms with van der Waals surface area (Å²) in [6, 6.07) is 18.3. The van der Waals surface area contributed by atoms with Crippen molar-refractivity contribution in [3.8, 4) is 16.9 Å². The number of hydrogen-bond acceptors (Lipinski definition) is 5. The molecule has 0 spiro atoms. The molecule has 4 aromatic rings. The quantitative estimate of drug-likeness (QED) is 0.428. The summed E-state index contributed by atoms with van der Waals surface area (Å²) in [7, 11) is 1.68. The Bertz CT molecular complexity index is 1330. The standard InChI is InChI=1S/C26H23N3O2S/c1-31-17-13-11-15(12-14-17)20-18-9-5-6-10-19(18)27-26-21(20)22-23(32-26)25(30)29-24(28-22)16-7-3-2-4-8-16/h2-4,7-8,11-14,24,28H,5-6,9-10H2,1H3,(H,29,30)/t24-/m1/s1. The molecule has 1 atom stereocenters. The Balaban J connectivity index is 1.59. The molecule has 0 saturated heterocycles. The lowest BCUT2D eigenvalue weighted by Crippen LogP contribution is -2.37. The Hall–Kier alpha value is -3.38. The average Bonchev–Trinajstić information content (AvgIpc) is 3.22. The second kappa shape index (κ2) is 7.64. The number of rotatable bonds is 3. The molecule has 0 bridgehead atoms. The molecule has 1 aliphatic heterocycles. The van der Waals surface area contributed by atoms with Gasteiger partial charge in [-0.25, -0.2) is 4.98 Å². The van der Waals surface area contributed by atoms with E-state index in [2.05, 4.69) is 22.8 Å². The van der Waals surface area contributed by atoms with Crippen molar-refractivity contribution >= 4 is 33.1 Å². The van der Waals surface area contributed by atoms with E-state index in [1.54, 1.807) is 7.11 Å². The normalized spacial score (nSPS) is 17.3. The molecule has 0 fully saturated rings. The molecular formula is C26H23N3O2S. The highest BCUT2D eigenvalue weighted by molar-refractivity contribution is 7.21. The predicted molar refractivity (Wildman–Crippen MR) is 129 cm³/mol. The number of thiophene rings is 1. The van der Waals surface area contributed by atoms with E-state index >= 15 is 0 Å². The molecule has 6 rings (SSSR count). The van der Waals surface area contributed by atoms with Crippen molar-refractivity contribution in [1.82, 2.24) is 10.3 Å². The topological polar surface area (TPSA) is 63.2 Å². The molecule has 1 amide bonds. The van der Waals surface area contributed by atoms with Crippen molar-refractivity contribution in [3.63, 3.8) is 0 Å². The highest BCUT2D eigenvalue weighted by atomic mass is 32.1. The maximum Gasteiger partial charge on any atom is 0.265 e. The van der Waals surface area contributed by atoms with Gasteiger partial charge in [0.2, 0.25) is 0 Å². The molecule has 2 aliphatic rings. The smallest absolute Gasteiger partial charge is 0.265 e. The fraction of sp³-hybridized carbons (Fsp3) is 0.231. The van der Waals surface area contributed by atoms with Crippen LogP contribution in [0, 0.1) is 0 Å². The first-order valence-corrected chi connectivity index (χ1v) is 11.8. The lowest BCUT2D eigenvalue weighted by Gasteiger charge is -2.27. The van der Waals surface area contributed by atoms with Gasteiger partial charge in [0, 0.05) is 11.1 Å². The Morgan fingerprint density at radius 1 is 1.00 bits per heavy atom. The average molecular weight is 442 g/mol. The molecule has 3 heterocycles. The van der Waals surface area contributed by atoms with E-state index < -0.39 is 0 Å². The molecule has 0 radical (unpaired) electrons. The van der Waals surface area contributed by atoms with Gasteiger partial charge in [0.25, 0.3) is 5.91 Å². The van der Waals surface area contributed by atoms with Crippen LogP contribution in [-0.2, 0) is 12.8 Å². The number of carbonyl (C=O) groups is 1. The second-order valence-electron chi connectivity index (χ2n) is 8.30. The third-order valence-corrected chi connectivity index (χ3v) is 7.48. The summed E-state index contributed by atoms with van der Waals surface area (Å²) in [6.07, 6.45) is 4.06. The number of pyridine rings is 1. The lowest BCUT2D eigenvalue weighted by atomic mass is 9.87. The van der Waals surface area contributed by atoms with Crippen molar-refractivity contribution in [2.75, 3.05) is 12.4 Å². The molecule has 6 heteroatoms.